The molecule has 100 valence electrons. The molecule has 2 rings (SSSR count). The van der Waals surface area contributed by atoms with E-state index in [2.05, 4.69) is 28.2 Å². The molecule has 1 nitrogen and oxygen atoms in total. The molecule has 0 aromatic heterocycles. The molecule has 1 fully saturated rings. The van der Waals surface area contributed by atoms with Crippen LogP contribution >= 0.6 is 15.9 Å². The number of benzene rings is 1. The highest BCUT2D eigenvalue weighted by atomic mass is 79.9. The van der Waals surface area contributed by atoms with E-state index in [1.54, 1.807) is 12.1 Å². The SMILES string of the molecule is CCNC(CC1CCCC1)c1c(F)cccc1Br. The lowest BCUT2D eigenvalue weighted by atomic mass is 9.93. The Morgan fingerprint density at radius 2 is 2.11 bits per heavy atom. The average molecular weight is 314 g/mol. The summed E-state index contributed by atoms with van der Waals surface area (Å²) < 4.78 is 14.9. The van der Waals surface area contributed by atoms with Crippen molar-refractivity contribution in [2.45, 2.75) is 45.1 Å². The fourth-order valence-corrected chi connectivity index (χ4v) is 3.59. The van der Waals surface area contributed by atoms with Crippen molar-refractivity contribution >= 4 is 15.9 Å². The van der Waals surface area contributed by atoms with Crippen LogP contribution in [0.3, 0.4) is 0 Å². The van der Waals surface area contributed by atoms with E-state index in [-0.39, 0.29) is 11.9 Å². The summed E-state index contributed by atoms with van der Waals surface area (Å²) >= 11 is 3.49. The molecule has 1 unspecified atom stereocenters. The van der Waals surface area contributed by atoms with Crippen LogP contribution in [0.2, 0.25) is 0 Å². The van der Waals surface area contributed by atoms with Crippen LogP contribution in [0.5, 0.6) is 0 Å². The molecular weight excluding hydrogens is 293 g/mol. The molecule has 0 aliphatic heterocycles. The lowest BCUT2D eigenvalue weighted by Crippen LogP contribution is -2.24. The van der Waals surface area contributed by atoms with Crippen molar-refractivity contribution in [2.75, 3.05) is 6.54 Å². The van der Waals surface area contributed by atoms with E-state index in [9.17, 15) is 4.39 Å². The van der Waals surface area contributed by atoms with Gasteiger partial charge in [0.15, 0.2) is 0 Å². The Morgan fingerprint density at radius 3 is 2.72 bits per heavy atom. The van der Waals surface area contributed by atoms with E-state index in [0.717, 1.165) is 28.9 Å². The summed E-state index contributed by atoms with van der Waals surface area (Å²) in [6.45, 7) is 2.95. The van der Waals surface area contributed by atoms with Crippen molar-refractivity contribution in [2.24, 2.45) is 5.92 Å². The molecular formula is C15H21BrFN. The first-order valence-electron chi connectivity index (χ1n) is 6.89. The minimum atomic E-state index is -0.103. The van der Waals surface area contributed by atoms with Crippen molar-refractivity contribution in [3.05, 3.63) is 34.1 Å². The second-order valence-electron chi connectivity index (χ2n) is 5.13. The van der Waals surface area contributed by atoms with Crippen molar-refractivity contribution in [1.82, 2.24) is 5.32 Å². The molecule has 1 saturated carbocycles. The number of nitrogens with one attached hydrogen (secondary N) is 1. The third kappa shape index (κ3) is 3.33. The van der Waals surface area contributed by atoms with E-state index in [1.165, 1.54) is 25.7 Å². The summed E-state index contributed by atoms with van der Waals surface area (Å²) in [5.41, 5.74) is 0.797. The topological polar surface area (TPSA) is 12.0 Å². The van der Waals surface area contributed by atoms with Gasteiger partial charge in [-0.05, 0) is 31.0 Å². The van der Waals surface area contributed by atoms with Gasteiger partial charge in [0, 0.05) is 16.1 Å². The average Bonchev–Trinajstić information content (AvgIpc) is 2.82. The first kappa shape index (κ1) is 14.0. The Hall–Kier alpha value is -0.410. The Kier molecular flexibility index (Phi) is 5.19. The largest absolute Gasteiger partial charge is 0.310 e. The molecule has 1 aliphatic carbocycles. The van der Waals surface area contributed by atoms with Crippen LogP contribution in [0.1, 0.15) is 50.6 Å². The summed E-state index contributed by atoms with van der Waals surface area (Å²) in [7, 11) is 0. The van der Waals surface area contributed by atoms with E-state index >= 15 is 0 Å². The maximum absolute atomic E-state index is 14.0. The predicted octanol–water partition coefficient (Wildman–Crippen LogP) is 4.82. The second kappa shape index (κ2) is 6.67. The smallest absolute Gasteiger partial charge is 0.129 e. The zero-order valence-corrected chi connectivity index (χ0v) is 12.5. The Labute approximate surface area is 117 Å². The molecule has 0 saturated heterocycles. The van der Waals surface area contributed by atoms with Crippen molar-refractivity contribution in [3.63, 3.8) is 0 Å². The fraction of sp³-hybridized carbons (Fsp3) is 0.600. The molecule has 1 aromatic carbocycles. The number of halogens is 2. The van der Waals surface area contributed by atoms with Gasteiger partial charge in [0.25, 0.3) is 0 Å². The summed E-state index contributed by atoms with van der Waals surface area (Å²) in [5, 5.41) is 3.44. The molecule has 1 atom stereocenters. The van der Waals surface area contributed by atoms with Crippen LogP contribution in [-0.2, 0) is 0 Å². The Balaban J connectivity index is 2.17. The van der Waals surface area contributed by atoms with Gasteiger partial charge in [-0.25, -0.2) is 4.39 Å². The van der Waals surface area contributed by atoms with Gasteiger partial charge < -0.3 is 5.32 Å². The lowest BCUT2D eigenvalue weighted by molar-refractivity contribution is 0.389. The van der Waals surface area contributed by atoms with E-state index < -0.39 is 0 Å². The van der Waals surface area contributed by atoms with Gasteiger partial charge in [0.1, 0.15) is 5.82 Å². The maximum atomic E-state index is 14.0. The standard InChI is InChI=1S/C15H21BrFN/c1-2-18-14(10-11-6-3-4-7-11)15-12(16)8-5-9-13(15)17/h5,8-9,11,14,18H,2-4,6-7,10H2,1H3. The van der Waals surface area contributed by atoms with Crippen LogP contribution in [0.4, 0.5) is 4.39 Å². The number of rotatable bonds is 5. The summed E-state index contributed by atoms with van der Waals surface area (Å²) in [5.74, 6) is 0.647. The summed E-state index contributed by atoms with van der Waals surface area (Å²) in [6, 6.07) is 5.37. The summed E-state index contributed by atoms with van der Waals surface area (Å²) in [6.07, 6.45) is 6.32. The van der Waals surface area contributed by atoms with Gasteiger partial charge >= 0.3 is 0 Å². The van der Waals surface area contributed by atoms with Gasteiger partial charge in [-0.3, -0.25) is 0 Å². The van der Waals surface area contributed by atoms with Crippen molar-refractivity contribution < 1.29 is 4.39 Å². The molecule has 0 heterocycles. The molecule has 3 heteroatoms. The normalized spacial score (nSPS) is 18.2. The summed E-state index contributed by atoms with van der Waals surface area (Å²) in [4.78, 5) is 0. The maximum Gasteiger partial charge on any atom is 0.129 e. The molecule has 0 bridgehead atoms. The molecule has 0 radical (unpaired) electrons. The lowest BCUT2D eigenvalue weighted by Gasteiger charge is -2.23. The fourth-order valence-electron chi connectivity index (χ4n) is 2.97. The molecule has 1 aromatic rings. The van der Waals surface area contributed by atoms with Gasteiger partial charge in [-0.15, -0.1) is 0 Å². The minimum absolute atomic E-state index is 0.103. The third-order valence-corrected chi connectivity index (χ3v) is 4.53. The first-order chi connectivity index (χ1) is 8.72. The second-order valence-corrected chi connectivity index (χ2v) is 5.99. The molecule has 0 spiro atoms. The van der Waals surface area contributed by atoms with Crippen molar-refractivity contribution in [1.29, 1.82) is 0 Å². The Morgan fingerprint density at radius 1 is 1.39 bits per heavy atom. The zero-order chi connectivity index (χ0) is 13.0. The van der Waals surface area contributed by atoms with Crippen LogP contribution < -0.4 is 5.32 Å². The van der Waals surface area contributed by atoms with E-state index in [0.29, 0.717) is 0 Å². The molecule has 0 amide bonds. The van der Waals surface area contributed by atoms with Crippen LogP contribution in [0.15, 0.2) is 22.7 Å². The van der Waals surface area contributed by atoms with E-state index in [4.69, 9.17) is 0 Å². The highest BCUT2D eigenvalue weighted by Gasteiger charge is 2.24. The minimum Gasteiger partial charge on any atom is -0.310 e. The monoisotopic (exact) mass is 313 g/mol. The quantitative estimate of drug-likeness (QED) is 0.821. The van der Waals surface area contributed by atoms with E-state index in [1.807, 2.05) is 6.07 Å². The predicted molar refractivity (Wildman–Crippen MR) is 77.1 cm³/mol. The Bertz CT molecular complexity index is 368. The van der Waals surface area contributed by atoms with Gasteiger partial charge in [0.2, 0.25) is 0 Å². The number of hydrogen-bond donors (Lipinski definition) is 1. The van der Waals surface area contributed by atoms with Crippen LogP contribution in [0, 0.1) is 11.7 Å². The van der Waals surface area contributed by atoms with Crippen LogP contribution in [-0.4, -0.2) is 6.54 Å². The van der Waals surface area contributed by atoms with Gasteiger partial charge in [-0.1, -0.05) is 54.6 Å². The van der Waals surface area contributed by atoms with Gasteiger partial charge in [0.05, 0.1) is 0 Å². The number of hydrogen-bond acceptors (Lipinski definition) is 1. The molecule has 18 heavy (non-hydrogen) atoms. The van der Waals surface area contributed by atoms with Crippen LogP contribution in [0.25, 0.3) is 0 Å². The van der Waals surface area contributed by atoms with Crippen molar-refractivity contribution in [3.8, 4) is 0 Å². The third-order valence-electron chi connectivity index (χ3n) is 3.84. The van der Waals surface area contributed by atoms with Gasteiger partial charge in [-0.2, -0.15) is 0 Å². The highest BCUT2D eigenvalue weighted by molar-refractivity contribution is 9.10. The molecule has 1 aliphatic rings. The first-order valence-corrected chi connectivity index (χ1v) is 7.69. The molecule has 1 N–H and O–H groups in total. The highest BCUT2D eigenvalue weighted by Crippen LogP contribution is 2.36. The zero-order valence-electron chi connectivity index (χ0n) is 10.9.